The van der Waals surface area contributed by atoms with E-state index < -0.39 is 0 Å². The molecule has 0 spiro atoms. The van der Waals surface area contributed by atoms with Crippen molar-refractivity contribution in [2.24, 2.45) is 0 Å². The highest BCUT2D eigenvalue weighted by Crippen LogP contribution is 2.46. The van der Waals surface area contributed by atoms with Crippen molar-refractivity contribution in [1.82, 2.24) is 0 Å². The van der Waals surface area contributed by atoms with Crippen LogP contribution in [-0.4, -0.2) is 6.71 Å². The third-order valence-electron chi connectivity index (χ3n) is 11.8. The molecule has 0 aromatic heterocycles. The van der Waals surface area contributed by atoms with E-state index >= 15 is 0 Å². The molecule has 5 aromatic rings. The monoisotopic (exact) mass is 695 g/mol. The van der Waals surface area contributed by atoms with Crippen molar-refractivity contribution in [3.8, 4) is 0 Å². The molecule has 1 atom stereocenters. The first kappa shape index (κ1) is 36.8. The summed E-state index contributed by atoms with van der Waals surface area (Å²) in [7, 11) is 0. The minimum absolute atomic E-state index is 0.000234. The van der Waals surface area contributed by atoms with Crippen LogP contribution in [0.2, 0.25) is 0 Å². The molecule has 1 unspecified atom stereocenters. The van der Waals surface area contributed by atoms with E-state index in [0.717, 1.165) is 10.4 Å². The maximum absolute atomic E-state index is 4.52. The lowest BCUT2D eigenvalue weighted by Crippen LogP contribution is -2.62. The zero-order valence-corrected chi connectivity index (χ0v) is 34.3. The van der Waals surface area contributed by atoms with Crippen molar-refractivity contribution in [1.29, 1.82) is 0 Å². The number of anilines is 3. The molecular weight excluding hydrogens is 637 g/mol. The second kappa shape index (κ2) is 12.5. The number of fused-ring (bicyclic) bond motifs is 4. The molecule has 0 amide bonds. The van der Waals surface area contributed by atoms with Gasteiger partial charge in [-0.25, -0.2) is 0 Å². The maximum atomic E-state index is 4.52. The van der Waals surface area contributed by atoms with Gasteiger partial charge in [0.2, 0.25) is 6.71 Å². The van der Waals surface area contributed by atoms with E-state index in [1.165, 1.54) is 72.4 Å². The quantitative estimate of drug-likeness (QED) is 0.167. The van der Waals surface area contributed by atoms with Gasteiger partial charge in [0.25, 0.3) is 0 Å². The number of hydrogen-bond acceptors (Lipinski definition) is 1. The Morgan fingerprint density at radius 3 is 1.68 bits per heavy atom. The van der Waals surface area contributed by atoms with Gasteiger partial charge in [-0.1, -0.05) is 181 Å². The van der Waals surface area contributed by atoms with Crippen molar-refractivity contribution in [2.45, 2.75) is 111 Å². The van der Waals surface area contributed by atoms with E-state index in [0.29, 0.717) is 0 Å². The molecule has 0 aliphatic carbocycles. The molecule has 0 N–H and O–H groups in total. The summed E-state index contributed by atoms with van der Waals surface area (Å²) in [6.45, 7) is 37.0. The Bertz CT molecular complexity index is 2360. The van der Waals surface area contributed by atoms with E-state index in [4.69, 9.17) is 0 Å². The van der Waals surface area contributed by atoms with E-state index in [1.54, 1.807) is 0 Å². The minimum atomic E-state index is -0.0708. The fourth-order valence-corrected chi connectivity index (χ4v) is 8.53. The third kappa shape index (κ3) is 6.33. The highest BCUT2D eigenvalue weighted by atomic mass is 15.2. The van der Waals surface area contributed by atoms with Crippen molar-refractivity contribution < 1.29 is 0 Å². The number of hydrogen-bond donors (Lipinski definition) is 0. The molecule has 2 aliphatic heterocycles. The van der Waals surface area contributed by atoms with Gasteiger partial charge >= 0.3 is 0 Å². The largest absolute Gasteiger partial charge is 0.312 e. The van der Waals surface area contributed by atoms with Gasteiger partial charge in [-0.2, -0.15) is 0 Å². The summed E-state index contributed by atoms with van der Waals surface area (Å²) in [5.41, 5.74) is 17.2. The molecule has 0 bridgehead atoms. The van der Waals surface area contributed by atoms with Crippen LogP contribution in [0, 0.1) is 0 Å². The molecule has 53 heavy (non-hydrogen) atoms. The van der Waals surface area contributed by atoms with Crippen LogP contribution in [0.4, 0.5) is 17.1 Å². The van der Waals surface area contributed by atoms with Gasteiger partial charge in [0.1, 0.15) is 0 Å². The lowest BCUT2D eigenvalue weighted by molar-refractivity contribution is 0.588. The smallest absolute Gasteiger partial charge is 0.247 e. The van der Waals surface area contributed by atoms with Crippen molar-refractivity contribution in [3.63, 3.8) is 0 Å². The summed E-state index contributed by atoms with van der Waals surface area (Å²) in [5.74, 6) is -0.0100. The zero-order valence-electron chi connectivity index (χ0n) is 34.3. The lowest BCUT2D eigenvalue weighted by Gasteiger charge is -2.45. The van der Waals surface area contributed by atoms with Crippen molar-refractivity contribution in [2.75, 3.05) is 4.90 Å². The summed E-state index contributed by atoms with van der Waals surface area (Å²) in [6, 6.07) is 37.6. The van der Waals surface area contributed by atoms with Gasteiger partial charge in [-0.15, -0.1) is 0 Å². The maximum Gasteiger partial charge on any atom is 0.247 e. The van der Waals surface area contributed by atoms with Crippen LogP contribution in [-0.2, 0) is 21.7 Å². The van der Waals surface area contributed by atoms with Crippen LogP contribution in [0.1, 0.15) is 122 Å². The summed E-state index contributed by atoms with van der Waals surface area (Å²) >= 11 is 0. The Balaban J connectivity index is 1.68. The first-order valence-electron chi connectivity index (χ1n) is 19.5. The van der Waals surface area contributed by atoms with Gasteiger partial charge in [-0.3, -0.25) is 0 Å². The topological polar surface area (TPSA) is 3.24 Å². The van der Waals surface area contributed by atoms with Crippen LogP contribution < -0.4 is 31.7 Å². The van der Waals surface area contributed by atoms with Gasteiger partial charge in [0, 0.05) is 23.0 Å². The molecule has 0 saturated carbocycles. The summed E-state index contributed by atoms with van der Waals surface area (Å²) in [6.07, 6.45) is 2.10. The molecule has 2 heterocycles. The fraction of sp³-hybridized carbons (Fsp3) is 0.333. The summed E-state index contributed by atoms with van der Waals surface area (Å²) < 4.78 is 0. The Morgan fingerprint density at radius 1 is 0.566 bits per heavy atom. The molecule has 5 aromatic carbocycles. The second-order valence-corrected chi connectivity index (χ2v) is 19.7. The van der Waals surface area contributed by atoms with Crippen molar-refractivity contribution in [3.05, 3.63) is 154 Å². The molecule has 0 fully saturated rings. The lowest BCUT2D eigenvalue weighted by atomic mass is 9.30. The standard InChI is InChI=1S/C51H58BN/c1-15-38(39-19-17-16-18-32(39)2)46-40-26-22-34(49(6,7)8)29-42(40)52-43-30-35(50(9,10)11)23-27-44(43)53(37-24-20-33(21-25-37)48(3,4)5)45-31-36(51(12,13)14)28-41(46)47(45)52/h15-31,46H,1-2H2,3-14H3/b39-38+. The van der Waals surface area contributed by atoms with E-state index in [2.05, 4.69) is 204 Å². The van der Waals surface area contributed by atoms with Gasteiger partial charge in [0.15, 0.2) is 0 Å². The van der Waals surface area contributed by atoms with Crippen LogP contribution in [0.5, 0.6) is 0 Å². The van der Waals surface area contributed by atoms with E-state index in [-0.39, 0.29) is 34.3 Å². The number of nitrogens with zero attached hydrogens (tertiary/aromatic N) is 1. The first-order valence-corrected chi connectivity index (χ1v) is 19.5. The predicted octanol–water partition coefficient (Wildman–Crippen LogP) is 10.1. The normalized spacial score (nSPS) is 16.1. The van der Waals surface area contributed by atoms with Crippen molar-refractivity contribution >= 4 is 52.3 Å². The van der Waals surface area contributed by atoms with E-state index in [1.807, 2.05) is 0 Å². The highest BCUT2D eigenvalue weighted by molar-refractivity contribution is 6.99. The summed E-state index contributed by atoms with van der Waals surface area (Å²) in [4.78, 5) is 2.57. The third-order valence-corrected chi connectivity index (χ3v) is 11.8. The molecular formula is C51H58BN. The summed E-state index contributed by atoms with van der Waals surface area (Å²) in [5, 5.41) is 2.19. The Kier molecular flexibility index (Phi) is 8.68. The van der Waals surface area contributed by atoms with Gasteiger partial charge in [0.05, 0.1) is 0 Å². The Labute approximate surface area is 320 Å². The zero-order chi connectivity index (χ0) is 38.4. The van der Waals surface area contributed by atoms with Gasteiger partial charge < -0.3 is 4.90 Å². The average Bonchev–Trinajstić information content (AvgIpc) is 3.08. The molecule has 0 saturated heterocycles. The first-order chi connectivity index (χ1) is 24.7. The highest BCUT2D eigenvalue weighted by Gasteiger charge is 2.45. The Hall–Kier alpha value is -4.56. The molecule has 270 valence electrons. The minimum Gasteiger partial charge on any atom is -0.312 e. The van der Waals surface area contributed by atoms with Gasteiger partial charge in [-0.05, 0) is 106 Å². The fourth-order valence-electron chi connectivity index (χ4n) is 8.53. The number of allylic oxidation sites excluding steroid dienone is 1. The molecule has 2 aliphatic rings. The van der Waals surface area contributed by atoms with Crippen LogP contribution in [0.3, 0.4) is 0 Å². The van der Waals surface area contributed by atoms with Crippen LogP contribution >= 0.6 is 0 Å². The number of benzene rings is 5. The molecule has 2 heteroatoms. The average molecular weight is 696 g/mol. The molecule has 7 rings (SSSR count). The molecule has 0 radical (unpaired) electrons. The van der Waals surface area contributed by atoms with Crippen LogP contribution in [0.15, 0.2) is 110 Å². The SMILES string of the molecule is C=C/C(=c1/ccccc1=C)C1c2ccc(C(C)(C)C)cc2B2c3cc(C(C)(C)C)ccc3N(c3ccc(C(C)(C)C)cc3)c3cc(C(C)(C)C)cc1c32. The van der Waals surface area contributed by atoms with E-state index in [9.17, 15) is 0 Å². The Morgan fingerprint density at radius 2 is 1.11 bits per heavy atom. The predicted molar refractivity (Wildman–Crippen MR) is 234 cm³/mol. The second-order valence-electron chi connectivity index (χ2n) is 19.7. The molecule has 1 nitrogen and oxygen atoms in total. The number of rotatable bonds is 3. The van der Waals surface area contributed by atoms with Crippen LogP contribution in [0.25, 0.3) is 12.2 Å².